The van der Waals surface area contributed by atoms with Crippen LogP contribution in [-0.2, 0) is 0 Å². The van der Waals surface area contributed by atoms with E-state index < -0.39 is 0 Å². The van der Waals surface area contributed by atoms with Crippen molar-refractivity contribution in [3.8, 4) is 21.3 Å². The summed E-state index contributed by atoms with van der Waals surface area (Å²) in [6, 6.07) is 18.5. The molecule has 4 rings (SSSR count). The minimum atomic E-state index is 0.968. The Bertz CT molecular complexity index is 829. The molecule has 0 radical (unpaired) electrons. The largest absolute Gasteiger partial charge is 0.234 e. The third-order valence-corrected chi connectivity index (χ3v) is 4.99. The first-order valence-corrected chi connectivity index (χ1v) is 7.97. The lowest BCUT2D eigenvalue weighted by atomic mass is 10.2. The normalized spacial score (nSPS) is 11.0. The molecule has 0 aliphatic carbocycles. The highest BCUT2D eigenvalue weighted by molar-refractivity contribution is 7.22. The van der Waals surface area contributed by atoms with E-state index in [4.69, 9.17) is 4.98 Å². The molecule has 96 valence electrons. The number of nitrogens with zero attached hydrogens (tertiary/aromatic N) is 2. The van der Waals surface area contributed by atoms with Crippen molar-refractivity contribution in [2.24, 2.45) is 0 Å². The molecule has 0 spiro atoms. The van der Waals surface area contributed by atoms with E-state index in [1.165, 1.54) is 4.70 Å². The first kappa shape index (κ1) is 11.8. The van der Waals surface area contributed by atoms with Gasteiger partial charge in [-0.05, 0) is 12.1 Å². The molecule has 0 N–H and O–H groups in total. The van der Waals surface area contributed by atoms with Crippen LogP contribution in [-0.4, -0.2) is 9.97 Å². The molecule has 0 fully saturated rings. The van der Waals surface area contributed by atoms with Crippen LogP contribution in [0.2, 0.25) is 0 Å². The monoisotopic (exact) mass is 294 g/mol. The molecular weight excluding hydrogens is 284 g/mol. The second-order valence-electron chi connectivity index (χ2n) is 4.39. The Morgan fingerprint density at radius 1 is 0.750 bits per heavy atom. The number of benzene rings is 2. The number of thiazole rings is 2. The van der Waals surface area contributed by atoms with Gasteiger partial charge in [0, 0.05) is 10.9 Å². The van der Waals surface area contributed by atoms with Gasteiger partial charge in [0.1, 0.15) is 15.7 Å². The van der Waals surface area contributed by atoms with E-state index >= 15 is 0 Å². The molecule has 0 saturated heterocycles. The van der Waals surface area contributed by atoms with Crippen molar-refractivity contribution in [3.05, 3.63) is 60.0 Å². The minimum absolute atomic E-state index is 0.968. The molecule has 4 heteroatoms. The van der Waals surface area contributed by atoms with E-state index in [0.717, 1.165) is 26.8 Å². The van der Waals surface area contributed by atoms with Crippen LogP contribution in [0.1, 0.15) is 0 Å². The van der Waals surface area contributed by atoms with Crippen LogP contribution in [0.15, 0.2) is 60.0 Å². The quantitative estimate of drug-likeness (QED) is 0.515. The molecule has 0 aliphatic rings. The molecule has 0 saturated carbocycles. The standard InChI is InChI=1S/C16H10N2S2/c1-2-6-11(7-3-1)15-18-13(10-19-15)16-17-12-8-4-5-9-14(12)20-16/h1-10H. The lowest BCUT2D eigenvalue weighted by Crippen LogP contribution is -1.77. The molecule has 2 aromatic carbocycles. The van der Waals surface area contributed by atoms with Gasteiger partial charge in [0.25, 0.3) is 0 Å². The highest BCUT2D eigenvalue weighted by Crippen LogP contribution is 2.33. The summed E-state index contributed by atoms with van der Waals surface area (Å²) in [5.41, 5.74) is 3.17. The van der Waals surface area contributed by atoms with E-state index in [1.54, 1.807) is 22.7 Å². The van der Waals surface area contributed by atoms with Gasteiger partial charge in [0.15, 0.2) is 0 Å². The second-order valence-corrected chi connectivity index (χ2v) is 6.28. The summed E-state index contributed by atoms with van der Waals surface area (Å²) in [5, 5.41) is 4.12. The Morgan fingerprint density at radius 2 is 1.55 bits per heavy atom. The molecular formula is C16H10N2S2. The molecule has 0 bridgehead atoms. The first-order valence-electron chi connectivity index (χ1n) is 6.27. The average molecular weight is 294 g/mol. The lowest BCUT2D eigenvalue weighted by Gasteiger charge is -1.93. The van der Waals surface area contributed by atoms with Crippen LogP contribution in [0, 0.1) is 0 Å². The predicted octanol–water partition coefficient (Wildman–Crippen LogP) is 5.09. The smallest absolute Gasteiger partial charge is 0.144 e. The van der Waals surface area contributed by atoms with Crippen LogP contribution >= 0.6 is 22.7 Å². The van der Waals surface area contributed by atoms with Gasteiger partial charge in [-0.1, -0.05) is 42.5 Å². The van der Waals surface area contributed by atoms with Crippen molar-refractivity contribution in [2.45, 2.75) is 0 Å². The Labute approximate surface area is 124 Å². The number of para-hydroxylation sites is 1. The van der Waals surface area contributed by atoms with E-state index in [-0.39, 0.29) is 0 Å². The summed E-state index contributed by atoms with van der Waals surface area (Å²) >= 11 is 3.35. The van der Waals surface area contributed by atoms with Crippen molar-refractivity contribution in [1.29, 1.82) is 0 Å². The van der Waals surface area contributed by atoms with Gasteiger partial charge in [-0.3, -0.25) is 0 Å². The van der Waals surface area contributed by atoms with E-state index in [2.05, 4.69) is 28.6 Å². The summed E-state index contributed by atoms with van der Waals surface area (Å²) in [6.45, 7) is 0. The van der Waals surface area contributed by atoms with Crippen LogP contribution in [0.3, 0.4) is 0 Å². The molecule has 0 unspecified atom stereocenters. The molecule has 2 aromatic heterocycles. The topological polar surface area (TPSA) is 25.8 Å². The Kier molecular flexibility index (Phi) is 2.83. The minimum Gasteiger partial charge on any atom is -0.234 e. The van der Waals surface area contributed by atoms with E-state index in [0.29, 0.717) is 0 Å². The van der Waals surface area contributed by atoms with Crippen LogP contribution in [0.25, 0.3) is 31.5 Å². The van der Waals surface area contributed by atoms with Crippen LogP contribution in [0.4, 0.5) is 0 Å². The summed E-state index contributed by atoms with van der Waals surface area (Å²) in [7, 11) is 0. The van der Waals surface area contributed by atoms with E-state index in [9.17, 15) is 0 Å². The Balaban J connectivity index is 1.78. The third kappa shape index (κ3) is 2.03. The maximum Gasteiger partial charge on any atom is 0.144 e. The molecule has 2 nitrogen and oxygen atoms in total. The fourth-order valence-corrected chi connectivity index (χ4v) is 3.88. The molecule has 4 aromatic rings. The predicted molar refractivity (Wildman–Crippen MR) is 86.2 cm³/mol. The fourth-order valence-electron chi connectivity index (χ4n) is 2.07. The summed E-state index contributed by atoms with van der Waals surface area (Å²) < 4.78 is 1.21. The number of hydrogen-bond acceptors (Lipinski definition) is 4. The summed E-state index contributed by atoms with van der Waals surface area (Å²) in [6.07, 6.45) is 0. The van der Waals surface area contributed by atoms with Crippen molar-refractivity contribution >= 4 is 32.9 Å². The number of hydrogen-bond donors (Lipinski definition) is 0. The highest BCUT2D eigenvalue weighted by atomic mass is 32.1. The SMILES string of the molecule is c1ccc(-c2nc(-c3nc4ccccc4s3)cs2)cc1. The maximum absolute atomic E-state index is 4.71. The summed E-state index contributed by atoms with van der Waals surface area (Å²) in [4.78, 5) is 9.37. The Hall–Kier alpha value is -2.04. The van der Waals surface area contributed by atoms with Crippen molar-refractivity contribution in [3.63, 3.8) is 0 Å². The van der Waals surface area contributed by atoms with Crippen molar-refractivity contribution in [2.75, 3.05) is 0 Å². The fraction of sp³-hybridized carbons (Fsp3) is 0. The Morgan fingerprint density at radius 3 is 2.40 bits per heavy atom. The highest BCUT2D eigenvalue weighted by Gasteiger charge is 2.10. The van der Waals surface area contributed by atoms with Crippen molar-refractivity contribution in [1.82, 2.24) is 9.97 Å². The van der Waals surface area contributed by atoms with Crippen LogP contribution < -0.4 is 0 Å². The van der Waals surface area contributed by atoms with Crippen molar-refractivity contribution < 1.29 is 0 Å². The summed E-state index contributed by atoms with van der Waals surface area (Å²) in [5.74, 6) is 0. The zero-order valence-electron chi connectivity index (χ0n) is 10.5. The van der Waals surface area contributed by atoms with Gasteiger partial charge in [0.05, 0.1) is 10.2 Å². The van der Waals surface area contributed by atoms with Crippen LogP contribution in [0.5, 0.6) is 0 Å². The van der Waals surface area contributed by atoms with Gasteiger partial charge in [-0.2, -0.15) is 0 Å². The molecule has 0 amide bonds. The number of rotatable bonds is 2. The molecule has 0 atom stereocenters. The van der Waals surface area contributed by atoms with Gasteiger partial charge < -0.3 is 0 Å². The van der Waals surface area contributed by atoms with Gasteiger partial charge in [0.2, 0.25) is 0 Å². The molecule has 2 heterocycles. The number of aromatic nitrogens is 2. The second kappa shape index (κ2) is 4.81. The maximum atomic E-state index is 4.71. The zero-order chi connectivity index (χ0) is 13.4. The van der Waals surface area contributed by atoms with E-state index in [1.807, 2.05) is 36.4 Å². The molecule has 20 heavy (non-hydrogen) atoms. The third-order valence-electron chi connectivity index (χ3n) is 3.04. The van der Waals surface area contributed by atoms with Gasteiger partial charge in [-0.25, -0.2) is 9.97 Å². The zero-order valence-corrected chi connectivity index (χ0v) is 12.1. The number of fused-ring (bicyclic) bond motifs is 1. The average Bonchev–Trinajstić information content (AvgIpc) is 3.14. The lowest BCUT2D eigenvalue weighted by molar-refractivity contribution is 1.37. The molecule has 0 aliphatic heterocycles. The first-order chi connectivity index (χ1) is 9.90. The van der Waals surface area contributed by atoms with Gasteiger partial charge >= 0.3 is 0 Å². The van der Waals surface area contributed by atoms with Gasteiger partial charge in [-0.15, -0.1) is 22.7 Å².